The molecule has 1 N–H and O–H groups in total. The van der Waals surface area contributed by atoms with Crippen molar-refractivity contribution in [2.24, 2.45) is 0 Å². The molecule has 1 aromatic heterocycles. The summed E-state index contributed by atoms with van der Waals surface area (Å²) in [6, 6.07) is 11.3. The zero-order valence-electron chi connectivity index (χ0n) is 13.8. The Morgan fingerprint density at radius 3 is 2.77 bits per heavy atom. The van der Waals surface area contributed by atoms with Crippen LogP contribution in [-0.4, -0.2) is 16.1 Å². The van der Waals surface area contributed by atoms with Gasteiger partial charge in [0.25, 0.3) is 12.0 Å². The molecule has 2 aromatic carbocycles. The molecule has 1 atom stereocenters. The summed E-state index contributed by atoms with van der Waals surface area (Å²) in [5.74, 6) is 0.579. The zero-order valence-corrected chi connectivity index (χ0v) is 15.9. The number of hydrogen-bond donors (Lipinski definition) is 1. The molecule has 2 heterocycles. The summed E-state index contributed by atoms with van der Waals surface area (Å²) in [7, 11) is 0. The molecule has 0 spiro atoms. The van der Waals surface area contributed by atoms with E-state index in [0.29, 0.717) is 22.4 Å². The van der Waals surface area contributed by atoms with Gasteiger partial charge in [-0.15, -0.1) is 0 Å². The summed E-state index contributed by atoms with van der Waals surface area (Å²) in [6.07, 6.45) is -0.745. The minimum atomic E-state index is -2.59. The minimum Gasteiger partial charge on any atom is -0.307 e. The van der Waals surface area contributed by atoms with Gasteiger partial charge in [-0.3, -0.25) is 9.36 Å². The summed E-state index contributed by atoms with van der Waals surface area (Å²) in [6.45, 7) is 0.849. The second-order valence-corrected chi connectivity index (χ2v) is 7.45. The summed E-state index contributed by atoms with van der Waals surface area (Å²) in [5.41, 5.74) is 0.735. The molecule has 7 heteroatoms. The van der Waals surface area contributed by atoms with E-state index in [0.717, 1.165) is 23.0 Å². The summed E-state index contributed by atoms with van der Waals surface area (Å²) in [5, 5.41) is 3.85. The molecular formula is C19H16F2IN3O. The number of hydrogen-bond acceptors (Lipinski definition) is 3. The van der Waals surface area contributed by atoms with Gasteiger partial charge in [-0.05, 0) is 66.2 Å². The fourth-order valence-electron chi connectivity index (χ4n) is 3.38. The van der Waals surface area contributed by atoms with Crippen molar-refractivity contribution in [1.29, 1.82) is 0 Å². The van der Waals surface area contributed by atoms with Gasteiger partial charge in [0.2, 0.25) is 0 Å². The molecule has 4 nitrogen and oxygen atoms in total. The first-order chi connectivity index (χ1) is 12.6. The van der Waals surface area contributed by atoms with Gasteiger partial charge in [0.15, 0.2) is 0 Å². The average molecular weight is 467 g/mol. The lowest BCUT2D eigenvalue weighted by molar-refractivity contribution is 0.151. The molecule has 1 fully saturated rings. The topological polar surface area (TPSA) is 46.9 Å². The van der Waals surface area contributed by atoms with Gasteiger partial charge in [0, 0.05) is 9.13 Å². The second kappa shape index (κ2) is 7.03. The highest BCUT2D eigenvalue weighted by molar-refractivity contribution is 14.1. The third-order valence-electron chi connectivity index (χ3n) is 4.63. The van der Waals surface area contributed by atoms with E-state index in [4.69, 9.17) is 4.98 Å². The number of nitrogens with zero attached hydrogens (tertiary/aromatic N) is 2. The van der Waals surface area contributed by atoms with E-state index in [1.807, 2.05) is 6.07 Å². The molecule has 0 aliphatic carbocycles. The second-order valence-electron chi connectivity index (χ2n) is 6.29. The van der Waals surface area contributed by atoms with Crippen molar-refractivity contribution < 1.29 is 8.78 Å². The van der Waals surface area contributed by atoms with Gasteiger partial charge >= 0.3 is 0 Å². The van der Waals surface area contributed by atoms with Crippen LogP contribution in [0.5, 0.6) is 0 Å². The van der Waals surface area contributed by atoms with Crippen molar-refractivity contribution >= 4 is 33.5 Å². The number of aromatic nitrogens is 2. The number of nitrogens with one attached hydrogen (secondary N) is 1. The molecule has 0 radical (unpaired) electrons. The molecule has 1 saturated heterocycles. The van der Waals surface area contributed by atoms with Crippen LogP contribution in [0.1, 0.15) is 36.7 Å². The van der Waals surface area contributed by atoms with Crippen molar-refractivity contribution in [3.63, 3.8) is 0 Å². The molecule has 3 aromatic rings. The van der Waals surface area contributed by atoms with Crippen molar-refractivity contribution in [2.45, 2.75) is 25.3 Å². The van der Waals surface area contributed by atoms with Gasteiger partial charge in [-0.2, -0.15) is 0 Å². The molecule has 134 valence electrons. The zero-order chi connectivity index (χ0) is 18.3. The predicted molar refractivity (Wildman–Crippen MR) is 105 cm³/mol. The Labute approximate surface area is 162 Å². The quantitative estimate of drug-likeness (QED) is 0.583. The largest absolute Gasteiger partial charge is 0.307 e. The van der Waals surface area contributed by atoms with E-state index in [2.05, 4.69) is 27.9 Å². The van der Waals surface area contributed by atoms with Crippen LogP contribution < -0.4 is 10.9 Å². The Kier molecular flexibility index (Phi) is 4.74. The van der Waals surface area contributed by atoms with Crippen LogP contribution in [0.3, 0.4) is 0 Å². The highest BCUT2D eigenvalue weighted by Gasteiger charge is 2.24. The van der Waals surface area contributed by atoms with Crippen LogP contribution in [0, 0.1) is 3.57 Å². The Hall–Kier alpha value is -1.87. The minimum absolute atomic E-state index is 0.0710. The van der Waals surface area contributed by atoms with Crippen molar-refractivity contribution in [2.75, 3.05) is 6.54 Å². The molecule has 1 aliphatic rings. The average Bonchev–Trinajstić information content (AvgIpc) is 3.17. The lowest BCUT2D eigenvalue weighted by atomic mass is 10.1. The first kappa shape index (κ1) is 17.5. The molecule has 0 amide bonds. The number of rotatable bonds is 3. The van der Waals surface area contributed by atoms with Crippen LogP contribution >= 0.6 is 22.6 Å². The third kappa shape index (κ3) is 3.03. The predicted octanol–water partition coefficient (Wildman–Crippen LogP) is 4.35. The third-order valence-corrected chi connectivity index (χ3v) is 5.50. The van der Waals surface area contributed by atoms with Crippen molar-refractivity contribution in [3.8, 4) is 5.69 Å². The van der Waals surface area contributed by atoms with E-state index in [-0.39, 0.29) is 17.2 Å². The monoisotopic (exact) mass is 467 g/mol. The van der Waals surface area contributed by atoms with Crippen LogP contribution in [0.15, 0.2) is 47.3 Å². The number of halogens is 3. The fourth-order valence-corrected chi connectivity index (χ4v) is 4.00. The Bertz CT molecular complexity index is 1030. The Balaban J connectivity index is 2.03. The van der Waals surface area contributed by atoms with Crippen molar-refractivity contribution in [3.05, 3.63) is 67.8 Å². The molecule has 1 aliphatic heterocycles. The molecule has 0 bridgehead atoms. The standard InChI is InChI=1S/C19H16F2IN3O/c20-17(21)11-4-1-5-12(10-11)25-18(15-8-3-9-23-15)24-16-13(19(25)26)6-2-7-14(16)22/h1-2,4-7,10,15,17,23H,3,8-9H2. The first-order valence-electron chi connectivity index (χ1n) is 8.39. The van der Waals surface area contributed by atoms with E-state index in [9.17, 15) is 13.6 Å². The van der Waals surface area contributed by atoms with Gasteiger partial charge in [0.1, 0.15) is 5.82 Å². The van der Waals surface area contributed by atoms with Crippen LogP contribution in [0.4, 0.5) is 8.78 Å². The molecular weight excluding hydrogens is 451 g/mol. The highest BCUT2D eigenvalue weighted by atomic mass is 127. The fraction of sp³-hybridized carbons (Fsp3) is 0.263. The van der Waals surface area contributed by atoms with Crippen molar-refractivity contribution in [1.82, 2.24) is 14.9 Å². The van der Waals surface area contributed by atoms with E-state index in [1.165, 1.54) is 16.7 Å². The number of fused-ring (bicyclic) bond motifs is 1. The maximum absolute atomic E-state index is 13.2. The van der Waals surface area contributed by atoms with E-state index < -0.39 is 6.43 Å². The Morgan fingerprint density at radius 2 is 2.04 bits per heavy atom. The van der Waals surface area contributed by atoms with Gasteiger partial charge < -0.3 is 5.32 Å². The smallest absolute Gasteiger partial charge is 0.266 e. The van der Waals surface area contributed by atoms with E-state index in [1.54, 1.807) is 24.3 Å². The van der Waals surface area contributed by atoms with Crippen LogP contribution in [0.25, 0.3) is 16.6 Å². The first-order valence-corrected chi connectivity index (χ1v) is 9.47. The number of para-hydroxylation sites is 1. The number of alkyl halides is 2. The van der Waals surface area contributed by atoms with Gasteiger partial charge in [-0.25, -0.2) is 13.8 Å². The maximum Gasteiger partial charge on any atom is 0.266 e. The molecule has 4 rings (SSSR count). The molecule has 1 unspecified atom stereocenters. The molecule has 26 heavy (non-hydrogen) atoms. The van der Waals surface area contributed by atoms with Gasteiger partial charge in [-0.1, -0.05) is 18.2 Å². The lowest BCUT2D eigenvalue weighted by Gasteiger charge is -2.19. The summed E-state index contributed by atoms with van der Waals surface area (Å²) in [4.78, 5) is 18.0. The number of benzene rings is 2. The van der Waals surface area contributed by atoms with Crippen LogP contribution in [0.2, 0.25) is 0 Å². The summed E-state index contributed by atoms with van der Waals surface area (Å²) >= 11 is 2.16. The Morgan fingerprint density at radius 1 is 1.23 bits per heavy atom. The lowest BCUT2D eigenvalue weighted by Crippen LogP contribution is -2.29. The SMILES string of the molecule is O=c1c2cccc(I)c2nc(C2CCCN2)n1-c1cccc(C(F)F)c1. The summed E-state index contributed by atoms with van der Waals surface area (Å²) < 4.78 is 28.7. The van der Waals surface area contributed by atoms with E-state index >= 15 is 0 Å². The van der Waals surface area contributed by atoms with Gasteiger partial charge in [0.05, 0.1) is 22.6 Å². The normalized spacial score (nSPS) is 17.3. The molecule has 0 saturated carbocycles. The highest BCUT2D eigenvalue weighted by Crippen LogP contribution is 2.27. The van der Waals surface area contributed by atoms with Crippen LogP contribution in [-0.2, 0) is 0 Å². The maximum atomic E-state index is 13.2.